The molecule has 2 heterocycles. The van der Waals surface area contributed by atoms with Crippen LogP contribution in [0.3, 0.4) is 0 Å². The van der Waals surface area contributed by atoms with Crippen molar-refractivity contribution in [3.05, 3.63) is 41.9 Å². The Balaban J connectivity index is 1.80. The molecular weight excluding hydrogens is 266 g/mol. The Bertz CT molecular complexity index is 635. The summed E-state index contributed by atoms with van der Waals surface area (Å²) in [4.78, 5) is 15.8. The molecule has 2 aromatic heterocycles. The van der Waals surface area contributed by atoms with Crippen LogP contribution in [0, 0.1) is 0 Å². The zero-order valence-corrected chi connectivity index (χ0v) is 12.2. The summed E-state index contributed by atoms with van der Waals surface area (Å²) in [6.07, 6.45) is 14.4. The van der Waals surface area contributed by atoms with E-state index >= 15 is 0 Å². The number of ketones is 1. The first-order chi connectivity index (χ1) is 10.2. The fourth-order valence-corrected chi connectivity index (χ4v) is 2.93. The highest BCUT2D eigenvalue weighted by Gasteiger charge is 2.20. The van der Waals surface area contributed by atoms with Gasteiger partial charge in [-0.3, -0.25) is 9.48 Å². The van der Waals surface area contributed by atoms with Crippen molar-refractivity contribution in [1.82, 2.24) is 14.8 Å². The molecule has 0 spiro atoms. The quantitative estimate of drug-likeness (QED) is 0.638. The molecule has 0 N–H and O–H groups in total. The molecule has 1 saturated carbocycles. The lowest BCUT2D eigenvalue weighted by molar-refractivity contribution is 0.101. The average molecular weight is 285 g/mol. The van der Waals surface area contributed by atoms with Crippen LogP contribution in [0.15, 0.2) is 29.2 Å². The lowest BCUT2D eigenvalue weighted by atomic mass is 9.85. The second kappa shape index (κ2) is 6.08. The minimum atomic E-state index is -0.224. The third kappa shape index (κ3) is 3.12. The maximum absolute atomic E-state index is 11.9. The van der Waals surface area contributed by atoms with Gasteiger partial charge in [0, 0.05) is 24.7 Å². The Labute approximate surface area is 123 Å². The molecule has 1 aliphatic carbocycles. The van der Waals surface area contributed by atoms with Gasteiger partial charge in [-0.05, 0) is 25.0 Å². The molecule has 3 rings (SSSR count). The van der Waals surface area contributed by atoms with Crippen LogP contribution >= 0.6 is 0 Å². The molecule has 0 amide bonds. The SMILES string of the molecule is Cn1cc(/C=C/C(=O)c2ncco2)c(C2CCCCC2)n1. The maximum Gasteiger partial charge on any atom is 0.267 e. The van der Waals surface area contributed by atoms with E-state index in [0.29, 0.717) is 5.92 Å². The van der Waals surface area contributed by atoms with Crippen molar-refractivity contribution in [1.29, 1.82) is 0 Å². The lowest BCUT2D eigenvalue weighted by Gasteiger charge is -2.20. The van der Waals surface area contributed by atoms with Gasteiger partial charge >= 0.3 is 0 Å². The summed E-state index contributed by atoms with van der Waals surface area (Å²) in [6.45, 7) is 0. The Morgan fingerprint density at radius 3 is 2.90 bits per heavy atom. The molecule has 2 aromatic rings. The highest BCUT2D eigenvalue weighted by atomic mass is 16.3. The van der Waals surface area contributed by atoms with Gasteiger partial charge in [-0.2, -0.15) is 5.10 Å². The van der Waals surface area contributed by atoms with E-state index in [0.717, 1.165) is 11.3 Å². The van der Waals surface area contributed by atoms with Gasteiger partial charge in [-0.1, -0.05) is 19.3 Å². The molecule has 0 bridgehead atoms. The second-order valence-corrected chi connectivity index (χ2v) is 5.51. The van der Waals surface area contributed by atoms with E-state index in [2.05, 4.69) is 10.1 Å². The molecule has 0 atom stereocenters. The molecule has 1 fully saturated rings. The van der Waals surface area contributed by atoms with Crippen molar-refractivity contribution in [3.63, 3.8) is 0 Å². The molecule has 0 aliphatic heterocycles. The number of hydrogen-bond donors (Lipinski definition) is 0. The predicted octanol–water partition coefficient (Wildman–Crippen LogP) is 3.35. The molecule has 0 radical (unpaired) electrons. The molecule has 0 unspecified atom stereocenters. The van der Waals surface area contributed by atoms with Crippen molar-refractivity contribution in [2.24, 2.45) is 7.05 Å². The number of aromatic nitrogens is 3. The van der Waals surface area contributed by atoms with E-state index in [1.807, 2.05) is 24.0 Å². The monoisotopic (exact) mass is 285 g/mol. The summed E-state index contributed by atoms with van der Waals surface area (Å²) >= 11 is 0. The van der Waals surface area contributed by atoms with E-state index in [1.54, 1.807) is 0 Å². The minimum absolute atomic E-state index is 0.120. The summed E-state index contributed by atoms with van der Waals surface area (Å²) in [5, 5.41) is 4.59. The van der Waals surface area contributed by atoms with Gasteiger partial charge in [0.05, 0.1) is 11.9 Å². The number of hydrogen-bond acceptors (Lipinski definition) is 4. The summed E-state index contributed by atoms with van der Waals surface area (Å²) in [5.41, 5.74) is 2.12. The number of allylic oxidation sites excluding steroid dienone is 1. The molecule has 5 nitrogen and oxygen atoms in total. The van der Waals surface area contributed by atoms with Gasteiger partial charge in [0.15, 0.2) is 0 Å². The van der Waals surface area contributed by atoms with Gasteiger partial charge in [0.25, 0.3) is 5.89 Å². The summed E-state index contributed by atoms with van der Waals surface area (Å²) in [6, 6.07) is 0. The van der Waals surface area contributed by atoms with E-state index < -0.39 is 0 Å². The van der Waals surface area contributed by atoms with Gasteiger partial charge in [0.1, 0.15) is 6.26 Å². The van der Waals surface area contributed by atoms with Crippen LogP contribution in [0.5, 0.6) is 0 Å². The number of rotatable bonds is 4. The fourth-order valence-electron chi connectivity index (χ4n) is 2.93. The van der Waals surface area contributed by atoms with Crippen molar-refractivity contribution < 1.29 is 9.21 Å². The molecule has 21 heavy (non-hydrogen) atoms. The number of aryl methyl sites for hydroxylation is 1. The van der Waals surface area contributed by atoms with Crippen LogP contribution in [0.2, 0.25) is 0 Å². The van der Waals surface area contributed by atoms with Crippen molar-refractivity contribution in [2.45, 2.75) is 38.0 Å². The van der Waals surface area contributed by atoms with Gasteiger partial charge in [-0.15, -0.1) is 0 Å². The standard InChI is InChI=1S/C16H19N3O2/c1-19-11-13(7-8-14(20)16-17-9-10-21-16)15(18-19)12-5-3-2-4-6-12/h7-12H,2-6H2,1H3/b8-7+. The summed E-state index contributed by atoms with van der Waals surface area (Å²) in [7, 11) is 1.92. The molecule has 1 aliphatic rings. The van der Waals surface area contributed by atoms with E-state index in [1.165, 1.54) is 50.6 Å². The molecular formula is C16H19N3O2. The van der Waals surface area contributed by atoms with E-state index in [4.69, 9.17) is 4.42 Å². The summed E-state index contributed by atoms with van der Waals surface area (Å²) in [5.74, 6) is 0.407. The van der Waals surface area contributed by atoms with Crippen molar-refractivity contribution >= 4 is 11.9 Å². The second-order valence-electron chi connectivity index (χ2n) is 5.51. The fraction of sp³-hybridized carbons (Fsp3) is 0.438. The van der Waals surface area contributed by atoms with Crippen LogP contribution in [0.25, 0.3) is 6.08 Å². The molecule has 0 aromatic carbocycles. The van der Waals surface area contributed by atoms with Crippen LogP contribution < -0.4 is 0 Å². The molecule has 0 saturated heterocycles. The highest BCUT2D eigenvalue weighted by Crippen LogP contribution is 2.33. The largest absolute Gasteiger partial charge is 0.442 e. The average Bonchev–Trinajstić information content (AvgIpc) is 3.15. The number of carbonyl (C=O) groups is 1. The van der Waals surface area contributed by atoms with Crippen molar-refractivity contribution in [2.75, 3.05) is 0 Å². The zero-order valence-electron chi connectivity index (χ0n) is 12.2. The third-order valence-electron chi connectivity index (χ3n) is 3.94. The highest BCUT2D eigenvalue weighted by molar-refractivity contribution is 6.03. The first-order valence-corrected chi connectivity index (χ1v) is 7.39. The van der Waals surface area contributed by atoms with E-state index in [-0.39, 0.29) is 11.7 Å². The van der Waals surface area contributed by atoms with Crippen LogP contribution in [-0.4, -0.2) is 20.5 Å². The first-order valence-electron chi connectivity index (χ1n) is 7.39. The predicted molar refractivity (Wildman–Crippen MR) is 78.9 cm³/mol. The van der Waals surface area contributed by atoms with Crippen LogP contribution in [-0.2, 0) is 7.05 Å². The topological polar surface area (TPSA) is 60.9 Å². The van der Waals surface area contributed by atoms with Crippen LogP contribution in [0.1, 0.15) is 60.0 Å². The normalized spacial score (nSPS) is 16.6. The first kappa shape index (κ1) is 13.8. The number of carbonyl (C=O) groups excluding carboxylic acids is 1. The lowest BCUT2D eigenvalue weighted by Crippen LogP contribution is -2.07. The Hall–Kier alpha value is -2.17. The number of oxazole rings is 1. The number of nitrogens with zero attached hydrogens (tertiary/aromatic N) is 3. The van der Waals surface area contributed by atoms with Gasteiger partial charge in [0.2, 0.25) is 5.78 Å². The van der Waals surface area contributed by atoms with Crippen LogP contribution in [0.4, 0.5) is 0 Å². The molecule has 110 valence electrons. The third-order valence-corrected chi connectivity index (χ3v) is 3.94. The Morgan fingerprint density at radius 2 is 2.19 bits per heavy atom. The Morgan fingerprint density at radius 1 is 1.38 bits per heavy atom. The van der Waals surface area contributed by atoms with Gasteiger partial charge in [-0.25, -0.2) is 4.98 Å². The Kier molecular flexibility index (Phi) is 3.99. The zero-order chi connectivity index (χ0) is 14.7. The van der Waals surface area contributed by atoms with Crippen molar-refractivity contribution in [3.8, 4) is 0 Å². The van der Waals surface area contributed by atoms with Gasteiger partial charge < -0.3 is 4.42 Å². The minimum Gasteiger partial charge on any atom is -0.442 e. The summed E-state index contributed by atoms with van der Waals surface area (Å²) < 4.78 is 6.82. The maximum atomic E-state index is 11.9. The smallest absolute Gasteiger partial charge is 0.267 e. The molecule has 5 heteroatoms. The van der Waals surface area contributed by atoms with E-state index in [9.17, 15) is 4.79 Å².